The quantitative estimate of drug-likeness (QED) is 0.848. The topological polar surface area (TPSA) is 33.5 Å². The van der Waals surface area contributed by atoms with Gasteiger partial charge < -0.3 is 9.32 Å². The average Bonchev–Trinajstić information content (AvgIpc) is 2.84. The van der Waals surface area contributed by atoms with E-state index in [1.807, 2.05) is 39.0 Å². The summed E-state index contributed by atoms with van der Waals surface area (Å²) in [5.41, 5.74) is 0.795. The maximum absolute atomic E-state index is 12.3. The van der Waals surface area contributed by atoms with Gasteiger partial charge in [-0.1, -0.05) is 0 Å². The van der Waals surface area contributed by atoms with E-state index in [1.165, 1.54) is 0 Å². The largest absolute Gasteiger partial charge is 0.464 e. The van der Waals surface area contributed by atoms with E-state index in [2.05, 4.69) is 0 Å². The fourth-order valence-electron chi connectivity index (χ4n) is 1.92. The summed E-state index contributed by atoms with van der Waals surface area (Å²) < 4.78 is 5.48. The molecular weight excluding hydrogens is 246 g/mol. The van der Waals surface area contributed by atoms with Gasteiger partial charge in [-0.25, -0.2) is 0 Å². The van der Waals surface area contributed by atoms with Crippen LogP contribution in [0.4, 0.5) is 0 Å². The van der Waals surface area contributed by atoms with Crippen LogP contribution >= 0.6 is 11.3 Å². The first kappa shape index (κ1) is 12.9. The number of aryl methyl sites for hydroxylation is 3. The van der Waals surface area contributed by atoms with Gasteiger partial charge >= 0.3 is 0 Å². The smallest absolute Gasteiger partial charge is 0.255 e. The predicted molar refractivity (Wildman–Crippen MR) is 73.0 cm³/mol. The average molecular weight is 263 g/mol. The van der Waals surface area contributed by atoms with Crippen LogP contribution < -0.4 is 0 Å². The summed E-state index contributed by atoms with van der Waals surface area (Å²) in [5.74, 6) is 1.73. The van der Waals surface area contributed by atoms with Crippen LogP contribution in [0.3, 0.4) is 0 Å². The van der Waals surface area contributed by atoms with Gasteiger partial charge in [-0.3, -0.25) is 4.79 Å². The fraction of sp³-hybridized carbons (Fsp3) is 0.357. The third-order valence-corrected chi connectivity index (χ3v) is 3.77. The maximum Gasteiger partial charge on any atom is 0.255 e. The van der Waals surface area contributed by atoms with Crippen LogP contribution in [0.15, 0.2) is 22.6 Å². The number of nitrogens with zero attached hydrogens (tertiary/aromatic N) is 1. The number of rotatable bonds is 3. The van der Waals surface area contributed by atoms with Crippen LogP contribution in [0, 0.1) is 20.8 Å². The van der Waals surface area contributed by atoms with Crippen molar-refractivity contribution in [3.8, 4) is 0 Å². The summed E-state index contributed by atoms with van der Waals surface area (Å²) in [7, 11) is 1.80. The summed E-state index contributed by atoms with van der Waals surface area (Å²) in [6.07, 6.45) is 0. The zero-order chi connectivity index (χ0) is 13.3. The van der Waals surface area contributed by atoms with Crippen LogP contribution in [-0.2, 0) is 6.54 Å². The van der Waals surface area contributed by atoms with Crippen molar-refractivity contribution in [2.24, 2.45) is 0 Å². The number of furan rings is 1. The SMILES string of the molecule is Cc1ccc(CN(C)C(=O)c2cc(C)sc2C)o1. The molecule has 2 heterocycles. The second-order valence-electron chi connectivity index (χ2n) is 4.50. The first-order valence-corrected chi connectivity index (χ1v) is 6.67. The molecule has 3 nitrogen and oxygen atoms in total. The second-order valence-corrected chi connectivity index (χ2v) is 5.96. The molecule has 0 bridgehead atoms. The molecule has 0 saturated carbocycles. The van der Waals surface area contributed by atoms with E-state index < -0.39 is 0 Å². The summed E-state index contributed by atoms with van der Waals surface area (Å²) in [6.45, 7) is 6.40. The normalized spacial score (nSPS) is 10.7. The molecule has 0 spiro atoms. The standard InChI is InChI=1S/C14H17NO2S/c1-9-5-6-12(17-9)8-15(4)14(16)13-7-10(2)18-11(13)3/h5-7H,8H2,1-4H3. The predicted octanol–water partition coefficient (Wildman–Crippen LogP) is 3.54. The van der Waals surface area contributed by atoms with Crippen molar-refractivity contribution in [1.29, 1.82) is 0 Å². The Morgan fingerprint density at radius 2 is 2.06 bits per heavy atom. The number of hydrogen-bond donors (Lipinski definition) is 0. The molecule has 1 amide bonds. The van der Waals surface area contributed by atoms with Crippen LogP contribution in [0.2, 0.25) is 0 Å². The third-order valence-electron chi connectivity index (χ3n) is 2.81. The summed E-state index contributed by atoms with van der Waals surface area (Å²) >= 11 is 1.65. The lowest BCUT2D eigenvalue weighted by atomic mass is 10.2. The van der Waals surface area contributed by atoms with Gasteiger partial charge in [0.2, 0.25) is 0 Å². The van der Waals surface area contributed by atoms with Crippen molar-refractivity contribution < 1.29 is 9.21 Å². The molecule has 2 aromatic heterocycles. The Kier molecular flexibility index (Phi) is 3.57. The first-order chi connectivity index (χ1) is 8.47. The molecule has 96 valence electrons. The van der Waals surface area contributed by atoms with Gasteiger partial charge in [-0.15, -0.1) is 11.3 Å². The minimum Gasteiger partial charge on any atom is -0.464 e. The van der Waals surface area contributed by atoms with E-state index in [4.69, 9.17) is 4.42 Å². The van der Waals surface area contributed by atoms with Crippen LogP contribution in [0.5, 0.6) is 0 Å². The molecule has 0 radical (unpaired) electrons. The lowest BCUT2D eigenvalue weighted by molar-refractivity contribution is 0.0775. The van der Waals surface area contributed by atoms with E-state index >= 15 is 0 Å². The van der Waals surface area contributed by atoms with Crippen molar-refractivity contribution in [3.63, 3.8) is 0 Å². The third kappa shape index (κ3) is 2.64. The Hall–Kier alpha value is -1.55. The van der Waals surface area contributed by atoms with Crippen molar-refractivity contribution in [2.75, 3.05) is 7.05 Å². The maximum atomic E-state index is 12.3. The number of thiophene rings is 1. The Morgan fingerprint density at radius 1 is 1.33 bits per heavy atom. The molecule has 2 rings (SSSR count). The van der Waals surface area contributed by atoms with Crippen molar-refractivity contribution in [3.05, 3.63) is 45.0 Å². The molecule has 0 aliphatic heterocycles. The van der Waals surface area contributed by atoms with Crippen LogP contribution in [0.1, 0.15) is 31.6 Å². The highest BCUT2D eigenvalue weighted by Gasteiger charge is 2.17. The van der Waals surface area contributed by atoms with Crippen molar-refractivity contribution in [1.82, 2.24) is 4.90 Å². The van der Waals surface area contributed by atoms with Gasteiger partial charge in [0.05, 0.1) is 12.1 Å². The Morgan fingerprint density at radius 3 is 2.56 bits per heavy atom. The minimum absolute atomic E-state index is 0.0471. The molecule has 2 aromatic rings. The summed E-state index contributed by atoms with van der Waals surface area (Å²) in [6, 6.07) is 5.77. The highest BCUT2D eigenvalue weighted by molar-refractivity contribution is 7.12. The lowest BCUT2D eigenvalue weighted by Crippen LogP contribution is -2.26. The molecule has 18 heavy (non-hydrogen) atoms. The van der Waals surface area contributed by atoms with Gasteiger partial charge in [-0.2, -0.15) is 0 Å². The number of carbonyl (C=O) groups is 1. The van der Waals surface area contributed by atoms with Gasteiger partial charge in [-0.05, 0) is 39.0 Å². The van der Waals surface area contributed by atoms with E-state index in [1.54, 1.807) is 23.3 Å². The van der Waals surface area contributed by atoms with E-state index in [0.717, 1.165) is 26.8 Å². The molecule has 0 aliphatic carbocycles. The zero-order valence-corrected chi connectivity index (χ0v) is 11.9. The monoisotopic (exact) mass is 263 g/mol. The summed E-state index contributed by atoms with van der Waals surface area (Å²) in [5, 5.41) is 0. The molecule has 0 unspecified atom stereocenters. The van der Waals surface area contributed by atoms with Crippen LogP contribution in [0.25, 0.3) is 0 Å². The van der Waals surface area contributed by atoms with Crippen LogP contribution in [-0.4, -0.2) is 17.9 Å². The van der Waals surface area contributed by atoms with Gasteiger partial charge in [0.1, 0.15) is 11.5 Å². The van der Waals surface area contributed by atoms with Gasteiger partial charge in [0.25, 0.3) is 5.91 Å². The van der Waals surface area contributed by atoms with E-state index in [-0.39, 0.29) is 5.91 Å². The molecule has 0 saturated heterocycles. The molecule has 0 fully saturated rings. The van der Waals surface area contributed by atoms with Gasteiger partial charge in [0, 0.05) is 16.8 Å². The molecule has 0 N–H and O–H groups in total. The molecule has 0 atom stereocenters. The summed E-state index contributed by atoms with van der Waals surface area (Å²) in [4.78, 5) is 16.2. The Labute approximate surface area is 111 Å². The van der Waals surface area contributed by atoms with E-state index in [9.17, 15) is 4.79 Å². The minimum atomic E-state index is 0.0471. The lowest BCUT2D eigenvalue weighted by Gasteiger charge is -2.15. The second kappa shape index (κ2) is 4.98. The van der Waals surface area contributed by atoms with Crippen molar-refractivity contribution >= 4 is 17.2 Å². The molecular formula is C14H17NO2S. The van der Waals surface area contributed by atoms with Gasteiger partial charge in [0.15, 0.2) is 0 Å². The fourth-order valence-corrected chi connectivity index (χ4v) is 2.84. The Balaban J connectivity index is 2.11. The number of hydrogen-bond acceptors (Lipinski definition) is 3. The van der Waals surface area contributed by atoms with Crippen molar-refractivity contribution in [2.45, 2.75) is 27.3 Å². The number of carbonyl (C=O) groups excluding carboxylic acids is 1. The highest BCUT2D eigenvalue weighted by atomic mass is 32.1. The zero-order valence-electron chi connectivity index (χ0n) is 11.1. The molecule has 0 aromatic carbocycles. The number of amides is 1. The highest BCUT2D eigenvalue weighted by Crippen LogP contribution is 2.22. The Bertz CT molecular complexity index is 568. The molecule has 4 heteroatoms. The molecule has 0 aliphatic rings. The van der Waals surface area contributed by atoms with E-state index in [0.29, 0.717) is 6.54 Å². The first-order valence-electron chi connectivity index (χ1n) is 5.85.